The first-order valence-corrected chi connectivity index (χ1v) is 6.92. The van der Waals surface area contributed by atoms with Crippen molar-refractivity contribution < 1.29 is 29.0 Å². The number of pyridine rings is 1. The van der Waals surface area contributed by atoms with Crippen LogP contribution >= 0.6 is 23.2 Å². The van der Waals surface area contributed by atoms with E-state index < -0.39 is 40.5 Å². The second-order valence-electron chi connectivity index (χ2n) is 4.56. The van der Waals surface area contributed by atoms with Gasteiger partial charge in [0.15, 0.2) is 11.0 Å². The molecule has 0 aliphatic rings. The number of nitrogens with zero attached hydrogens (tertiary/aromatic N) is 1. The topological polar surface area (TPSA) is 105 Å². The lowest BCUT2D eigenvalue weighted by atomic mass is 9.71. The fourth-order valence-electron chi connectivity index (χ4n) is 2.20. The van der Waals surface area contributed by atoms with Gasteiger partial charge in [0, 0.05) is 12.0 Å². The molecule has 0 aromatic carbocycles. The predicted octanol–water partition coefficient (Wildman–Crippen LogP) is 2.69. The summed E-state index contributed by atoms with van der Waals surface area (Å²) in [6.45, 7) is 1.48. The first-order chi connectivity index (χ1) is 10.2. The minimum Gasteiger partial charge on any atom is -0.481 e. The van der Waals surface area contributed by atoms with E-state index in [-0.39, 0.29) is 23.6 Å². The molecule has 1 unspecified atom stereocenters. The molecule has 0 spiro atoms. The molecule has 120 valence electrons. The van der Waals surface area contributed by atoms with E-state index in [0.717, 1.165) is 6.07 Å². The normalized spacial score (nSPS) is 13.5. The van der Waals surface area contributed by atoms with Gasteiger partial charge in [-0.3, -0.25) is 9.59 Å². The first-order valence-electron chi connectivity index (χ1n) is 6.17. The van der Waals surface area contributed by atoms with Crippen LogP contribution in [0.25, 0.3) is 0 Å². The molecule has 0 saturated carbocycles. The van der Waals surface area contributed by atoms with Gasteiger partial charge in [-0.15, -0.1) is 0 Å². The van der Waals surface area contributed by atoms with Crippen LogP contribution in [0.2, 0.25) is 10.3 Å². The molecular weight excluding hydrogens is 340 g/mol. The Kier molecular flexibility index (Phi) is 5.85. The maximum absolute atomic E-state index is 13.7. The fourth-order valence-corrected chi connectivity index (χ4v) is 2.71. The summed E-state index contributed by atoms with van der Waals surface area (Å²) in [6, 6.07) is 0.823. The SMILES string of the molecule is CCC(CCC(=O)O)(C(=O)C(=O)O)c1cc(F)c(Cl)nc1Cl. The minimum absolute atomic E-state index is 0.0894. The Morgan fingerprint density at radius 3 is 2.32 bits per heavy atom. The molecule has 9 heteroatoms. The Morgan fingerprint density at radius 2 is 1.86 bits per heavy atom. The number of carbonyl (C=O) groups excluding carboxylic acids is 1. The monoisotopic (exact) mass is 351 g/mol. The standard InChI is InChI=1S/C13H12Cl2FNO5/c1-2-13(4-3-8(18)19,9(20)12(21)22)6-5-7(16)11(15)17-10(6)14/h5H,2-4H2,1H3,(H,18,19)(H,21,22). The van der Waals surface area contributed by atoms with Crippen LogP contribution < -0.4 is 0 Å². The smallest absolute Gasteiger partial charge is 0.373 e. The lowest BCUT2D eigenvalue weighted by Gasteiger charge is -2.30. The van der Waals surface area contributed by atoms with Gasteiger partial charge >= 0.3 is 11.9 Å². The molecule has 0 saturated heterocycles. The molecule has 0 fully saturated rings. The van der Waals surface area contributed by atoms with E-state index in [0.29, 0.717) is 0 Å². The van der Waals surface area contributed by atoms with Crippen LogP contribution in [0.5, 0.6) is 0 Å². The van der Waals surface area contributed by atoms with E-state index in [9.17, 15) is 18.8 Å². The van der Waals surface area contributed by atoms with Crippen molar-refractivity contribution in [2.75, 3.05) is 0 Å². The molecule has 1 aromatic rings. The van der Waals surface area contributed by atoms with E-state index in [1.54, 1.807) is 0 Å². The van der Waals surface area contributed by atoms with Gasteiger partial charge < -0.3 is 10.2 Å². The van der Waals surface area contributed by atoms with Crippen molar-refractivity contribution >= 4 is 40.9 Å². The molecule has 6 nitrogen and oxygen atoms in total. The van der Waals surface area contributed by atoms with Crippen LogP contribution in [0.4, 0.5) is 4.39 Å². The highest BCUT2D eigenvalue weighted by atomic mass is 35.5. The molecular formula is C13H12Cl2FNO5. The van der Waals surface area contributed by atoms with Crippen LogP contribution in [-0.2, 0) is 19.8 Å². The largest absolute Gasteiger partial charge is 0.481 e. The summed E-state index contributed by atoms with van der Waals surface area (Å²) >= 11 is 11.4. The quantitative estimate of drug-likeness (QED) is 0.578. The number of aliphatic carboxylic acids is 2. The van der Waals surface area contributed by atoms with E-state index in [2.05, 4.69) is 4.98 Å². The molecule has 0 bridgehead atoms. The van der Waals surface area contributed by atoms with Crippen molar-refractivity contribution in [3.05, 3.63) is 27.8 Å². The molecule has 1 heterocycles. The minimum atomic E-state index is -1.79. The molecule has 1 rings (SSSR count). The zero-order valence-corrected chi connectivity index (χ0v) is 12.9. The fraction of sp³-hybridized carbons (Fsp3) is 0.385. The molecule has 2 N–H and O–H groups in total. The highest BCUT2D eigenvalue weighted by Gasteiger charge is 2.44. The lowest BCUT2D eigenvalue weighted by Crippen LogP contribution is -2.41. The summed E-state index contributed by atoms with van der Waals surface area (Å²) in [6.07, 6.45) is -0.937. The zero-order chi connectivity index (χ0) is 17.1. The molecule has 0 amide bonds. The number of carboxylic acids is 2. The number of carboxylic acid groups (broad SMARTS) is 2. The third kappa shape index (κ3) is 3.53. The molecule has 0 aliphatic heterocycles. The van der Waals surface area contributed by atoms with E-state index in [1.165, 1.54) is 6.92 Å². The van der Waals surface area contributed by atoms with Crippen LogP contribution in [0.3, 0.4) is 0 Å². The number of rotatable bonds is 7. The van der Waals surface area contributed by atoms with Gasteiger partial charge in [-0.05, 0) is 18.9 Å². The molecule has 0 radical (unpaired) electrons. The van der Waals surface area contributed by atoms with E-state index >= 15 is 0 Å². The van der Waals surface area contributed by atoms with Gasteiger partial charge in [0.1, 0.15) is 5.15 Å². The highest BCUT2D eigenvalue weighted by Crippen LogP contribution is 2.39. The Hall–Kier alpha value is -1.73. The second kappa shape index (κ2) is 7.02. The predicted molar refractivity (Wildman–Crippen MR) is 75.7 cm³/mol. The van der Waals surface area contributed by atoms with E-state index in [4.69, 9.17) is 33.4 Å². The number of hydrogen-bond donors (Lipinski definition) is 2. The first kappa shape index (κ1) is 18.3. The van der Waals surface area contributed by atoms with Crippen molar-refractivity contribution in [2.45, 2.75) is 31.6 Å². The Morgan fingerprint density at radius 1 is 1.27 bits per heavy atom. The van der Waals surface area contributed by atoms with E-state index in [1.807, 2.05) is 0 Å². The van der Waals surface area contributed by atoms with Gasteiger partial charge in [0.2, 0.25) is 5.78 Å². The van der Waals surface area contributed by atoms with Crippen molar-refractivity contribution in [3.63, 3.8) is 0 Å². The van der Waals surface area contributed by atoms with Crippen molar-refractivity contribution in [3.8, 4) is 0 Å². The third-order valence-corrected chi connectivity index (χ3v) is 3.95. The van der Waals surface area contributed by atoms with Crippen LogP contribution in [0, 0.1) is 5.82 Å². The van der Waals surface area contributed by atoms with Crippen LogP contribution in [0.15, 0.2) is 6.07 Å². The number of Topliss-reactive ketones (excluding diaryl/α,β-unsaturated/α-hetero) is 1. The summed E-state index contributed by atoms with van der Waals surface area (Å²) < 4.78 is 13.7. The van der Waals surface area contributed by atoms with Gasteiger partial charge in [-0.2, -0.15) is 0 Å². The lowest BCUT2D eigenvalue weighted by molar-refractivity contribution is -0.152. The average Bonchev–Trinajstić information content (AvgIpc) is 2.44. The van der Waals surface area contributed by atoms with Gasteiger partial charge in [-0.25, -0.2) is 14.2 Å². The molecule has 1 atom stereocenters. The van der Waals surface area contributed by atoms with Crippen molar-refractivity contribution in [2.24, 2.45) is 0 Å². The Bertz CT molecular complexity index is 637. The summed E-state index contributed by atoms with van der Waals surface area (Å²) in [5, 5.41) is 16.9. The number of hydrogen-bond acceptors (Lipinski definition) is 4. The Balaban J connectivity index is 3.54. The molecule has 22 heavy (non-hydrogen) atoms. The zero-order valence-electron chi connectivity index (χ0n) is 11.4. The number of aromatic nitrogens is 1. The number of halogens is 3. The average molecular weight is 352 g/mol. The summed E-state index contributed by atoms with van der Waals surface area (Å²) in [4.78, 5) is 37.5. The maximum atomic E-state index is 13.7. The highest BCUT2D eigenvalue weighted by molar-refractivity contribution is 6.38. The number of carbonyl (C=O) groups is 3. The van der Waals surface area contributed by atoms with Crippen molar-refractivity contribution in [1.29, 1.82) is 0 Å². The molecule has 1 aromatic heterocycles. The Labute approximate surface area is 134 Å². The van der Waals surface area contributed by atoms with Gasteiger partial charge in [0.05, 0.1) is 5.41 Å². The van der Waals surface area contributed by atoms with Gasteiger partial charge in [0.25, 0.3) is 0 Å². The van der Waals surface area contributed by atoms with Crippen molar-refractivity contribution in [1.82, 2.24) is 4.98 Å². The second-order valence-corrected chi connectivity index (χ2v) is 5.28. The molecule has 0 aliphatic carbocycles. The van der Waals surface area contributed by atoms with Crippen LogP contribution in [-0.4, -0.2) is 32.9 Å². The maximum Gasteiger partial charge on any atom is 0.373 e. The summed E-state index contributed by atoms with van der Waals surface area (Å²) in [5.41, 5.74) is -1.98. The summed E-state index contributed by atoms with van der Waals surface area (Å²) in [7, 11) is 0. The third-order valence-electron chi connectivity index (χ3n) is 3.40. The van der Waals surface area contributed by atoms with Crippen LogP contribution in [0.1, 0.15) is 31.7 Å². The summed E-state index contributed by atoms with van der Waals surface area (Å²) in [5.74, 6) is -5.25. The number of ketones is 1. The van der Waals surface area contributed by atoms with Gasteiger partial charge in [-0.1, -0.05) is 30.1 Å².